The van der Waals surface area contributed by atoms with Gasteiger partial charge in [0.15, 0.2) is 0 Å². The Labute approximate surface area is 155 Å². The Morgan fingerprint density at radius 1 is 1.12 bits per heavy atom. The molecule has 2 fully saturated rings. The van der Waals surface area contributed by atoms with Crippen LogP contribution in [-0.2, 0) is 4.79 Å². The lowest BCUT2D eigenvalue weighted by molar-refractivity contribution is -0.137. The van der Waals surface area contributed by atoms with E-state index in [1.807, 2.05) is 12.1 Å². The first-order valence-corrected chi connectivity index (χ1v) is 9.82. The second kappa shape index (κ2) is 8.67. The summed E-state index contributed by atoms with van der Waals surface area (Å²) in [5.41, 5.74) is 2.05. The molecule has 0 aromatic heterocycles. The van der Waals surface area contributed by atoms with Crippen molar-refractivity contribution >= 4 is 11.9 Å². The summed E-state index contributed by atoms with van der Waals surface area (Å²) in [6.07, 6.45) is 6.11. The van der Waals surface area contributed by atoms with Crippen molar-refractivity contribution in [1.29, 1.82) is 0 Å². The fourth-order valence-electron chi connectivity index (χ4n) is 4.31. The van der Waals surface area contributed by atoms with Crippen LogP contribution in [0.2, 0.25) is 0 Å². The summed E-state index contributed by atoms with van der Waals surface area (Å²) < 4.78 is 0. The highest BCUT2D eigenvalue weighted by Crippen LogP contribution is 2.28. The van der Waals surface area contributed by atoms with E-state index in [4.69, 9.17) is 5.11 Å². The van der Waals surface area contributed by atoms with E-state index in [0.29, 0.717) is 11.8 Å². The predicted molar refractivity (Wildman–Crippen MR) is 101 cm³/mol. The Balaban J connectivity index is 1.46. The highest BCUT2D eigenvalue weighted by Gasteiger charge is 2.24. The lowest BCUT2D eigenvalue weighted by Crippen LogP contribution is -2.37. The normalized spacial score (nSPS) is 26.6. The molecule has 0 radical (unpaired) electrons. The molecule has 0 bridgehead atoms. The Morgan fingerprint density at radius 2 is 1.81 bits per heavy atom. The zero-order valence-electron chi connectivity index (χ0n) is 15.6. The van der Waals surface area contributed by atoms with Crippen LogP contribution in [0.4, 0.5) is 0 Å². The van der Waals surface area contributed by atoms with Crippen molar-refractivity contribution in [1.82, 2.24) is 10.2 Å². The van der Waals surface area contributed by atoms with Crippen LogP contribution in [0.25, 0.3) is 0 Å². The average Bonchev–Trinajstić information content (AvgIpc) is 3.07. The van der Waals surface area contributed by atoms with Crippen LogP contribution in [-0.4, -0.2) is 48.1 Å². The van der Waals surface area contributed by atoms with E-state index in [9.17, 15) is 9.59 Å². The Morgan fingerprint density at radius 3 is 2.38 bits per heavy atom. The minimum absolute atomic E-state index is 0.00840. The molecule has 1 aromatic rings. The van der Waals surface area contributed by atoms with E-state index in [1.54, 1.807) is 0 Å². The molecule has 1 heterocycles. The molecular weight excluding hydrogens is 328 g/mol. The highest BCUT2D eigenvalue weighted by molar-refractivity contribution is 5.94. The van der Waals surface area contributed by atoms with Gasteiger partial charge >= 0.3 is 5.97 Å². The average molecular weight is 358 g/mol. The highest BCUT2D eigenvalue weighted by atomic mass is 16.4. The topological polar surface area (TPSA) is 69.6 Å². The predicted octanol–water partition coefficient (Wildman–Crippen LogP) is 3.26. The van der Waals surface area contributed by atoms with Crippen molar-refractivity contribution in [2.24, 2.45) is 5.92 Å². The number of likely N-dealkylation sites (tertiary alicyclic amines) is 1. The van der Waals surface area contributed by atoms with Crippen LogP contribution >= 0.6 is 0 Å². The number of likely N-dealkylation sites (N-methyl/N-ethyl adjacent to an activating group) is 1. The zero-order valence-corrected chi connectivity index (χ0v) is 15.6. The lowest BCUT2D eigenvalue weighted by Gasteiger charge is -2.29. The number of amides is 1. The second-order valence-corrected chi connectivity index (χ2v) is 7.99. The molecule has 2 aliphatic rings. The maximum atomic E-state index is 12.5. The summed E-state index contributed by atoms with van der Waals surface area (Å²) in [6, 6.07) is 8.30. The van der Waals surface area contributed by atoms with Crippen LogP contribution in [0, 0.1) is 5.92 Å². The molecule has 1 saturated heterocycles. The van der Waals surface area contributed by atoms with Gasteiger partial charge in [-0.05, 0) is 81.6 Å². The number of nitrogens with one attached hydrogen (secondary N) is 1. The minimum atomic E-state index is -0.715. The molecule has 1 aromatic carbocycles. The number of carbonyl (C=O) groups is 2. The number of carboxylic acids is 1. The SMILES string of the molecule is CN1CCC(c2ccc(C(=O)NC3CCC(CCC(=O)O)CC3)cc2)C1. The molecular formula is C21H30N2O3. The number of carbonyl (C=O) groups excluding carboxylic acids is 1. The van der Waals surface area contributed by atoms with Crippen molar-refractivity contribution in [3.63, 3.8) is 0 Å². The molecule has 5 heteroatoms. The van der Waals surface area contributed by atoms with E-state index < -0.39 is 5.97 Å². The summed E-state index contributed by atoms with van der Waals surface area (Å²) in [6.45, 7) is 2.23. The first kappa shape index (κ1) is 18.9. The summed E-state index contributed by atoms with van der Waals surface area (Å²) in [5.74, 6) is 0.364. The number of aliphatic carboxylic acids is 1. The van der Waals surface area contributed by atoms with Crippen molar-refractivity contribution in [3.8, 4) is 0 Å². The molecule has 1 atom stereocenters. The van der Waals surface area contributed by atoms with Gasteiger partial charge in [0.05, 0.1) is 0 Å². The smallest absolute Gasteiger partial charge is 0.303 e. The molecule has 0 spiro atoms. The van der Waals surface area contributed by atoms with Gasteiger partial charge in [0.2, 0.25) is 0 Å². The minimum Gasteiger partial charge on any atom is -0.481 e. The van der Waals surface area contributed by atoms with Crippen LogP contribution in [0.1, 0.15) is 66.8 Å². The van der Waals surface area contributed by atoms with Crippen molar-refractivity contribution in [2.45, 2.75) is 56.9 Å². The second-order valence-electron chi connectivity index (χ2n) is 7.99. The molecule has 1 unspecified atom stereocenters. The van der Waals surface area contributed by atoms with Gasteiger partial charge in [0, 0.05) is 24.6 Å². The maximum absolute atomic E-state index is 12.5. The Bertz CT molecular complexity index is 621. The van der Waals surface area contributed by atoms with E-state index in [2.05, 4.69) is 29.4 Å². The molecule has 26 heavy (non-hydrogen) atoms. The van der Waals surface area contributed by atoms with Crippen molar-refractivity contribution in [2.75, 3.05) is 20.1 Å². The van der Waals surface area contributed by atoms with Crippen LogP contribution in [0.5, 0.6) is 0 Å². The Hall–Kier alpha value is -1.88. The van der Waals surface area contributed by atoms with Gasteiger partial charge in [0.1, 0.15) is 0 Å². The molecule has 2 N–H and O–H groups in total. The van der Waals surface area contributed by atoms with Crippen LogP contribution < -0.4 is 5.32 Å². The number of hydrogen-bond acceptors (Lipinski definition) is 3. The third-order valence-electron chi connectivity index (χ3n) is 5.98. The van der Waals surface area contributed by atoms with Gasteiger partial charge in [-0.15, -0.1) is 0 Å². The number of hydrogen-bond donors (Lipinski definition) is 2. The summed E-state index contributed by atoms with van der Waals surface area (Å²) in [7, 11) is 2.15. The van der Waals surface area contributed by atoms with Gasteiger partial charge in [-0.25, -0.2) is 0 Å². The molecule has 1 aliphatic heterocycles. The molecule has 1 amide bonds. The third kappa shape index (κ3) is 5.07. The quantitative estimate of drug-likeness (QED) is 0.819. The first-order chi connectivity index (χ1) is 12.5. The lowest BCUT2D eigenvalue weighted by atomic mass is 9.83. The number of carboxylic acid groups (broad SMARTS) is 1. The standard InChI is InChI=1S/C21H30N2O3/c1-23-13-12-18(14-23)16-5-7-17(8-6-16)21(26)22-19-9-2-15(3-10-19)4-11-20(24)25/h5-8,15,18-19H,2-4,9-14H2,1H3,(H,22,26)(H,24,25). The van der Waals surface area contributed by atoms with Crippen molar-refractivity contribution in [3.05, 3.63) is 35.4 Å². The third-order valence-corrected chi connectivity index (χ3v) is 5.98. The van der Waals surface area contributed by atoms with E-state index in [-0.39, 0.29) is 18.4 Å². The van der Waals surface area contributed by atoms with Crippen LogP contribution in [0.15, 0.2) is 24.3 Å². The zero-order chi connectivity index (χ0) is 18.5. The molecule has 1 aliphatic carbocycles. The molecule has 3 rings (SSSR count). The fraction of sp³-hybridized carbons (Fsp3) is 0.619. The van der Waals surface area contributed by atoms with E-state index in [0.717, 1.165) is 50.8 Å². The summed E-state index contributed by atoms with van der Waals surface area (Å²) in [4.78, 5) is 25.5. The fourth-order valence-corrected chi connectivity index (χ4v) is 4.31. The number of nitrogens with zero attached hydrogens (tertiary/aromatic N) is 1. The van der Waals surface area contributed by atoms with Gasteiger partial charge in [0.25, 0.3) is 5.91 Å². The summed E-state index contributed by atoms with van der Waals surface area (Å²) >= 11 is 0. The maximum Gasteiger partial charge on any atom is 0.303 e. The van der Waals surface area contributed by atoms with Gasteiger partial charge in [-0.2, -0.15) is 0 Å². The largest absolute Gasteiger partial charge is 0.481 e. The number of benzene rings is 1. The van der Waals surface area contributed by atoms with Gasteiger partial charge < -0.3 is 15.3 Å². The monoisotopic (exact) mass is 358 g/mol. The summed E-state index contributed by atoms with van der Waals surface area (Å²) in [5, 5.41) is 11.9. The van der Waals surface area contributed by atoms with Crippen LogP contribution in [0.3, 0.4) is 0 Å². The van der Waals surface area contributed by atoms with Gasteiger partial charge in [-0.1, -0.05) is 12.1 Å². The number of rotatable bonds is 6. The van der Waals surface area contributed by atoms with E-state index >= 15 is 0 Å². The first-order valence-electron chi connectivity index (χ1n) is 9.82. The molecule has 1 saturated carbocycles. The molecule has 142 valence electrons. The van der Waals surface area contributed by atoms with Gasteiger partial charge in [-0.3, -0.25) is 9.59 Å². The molecule has 5 nitrogen and oxygen atoms in total. The van der Waals surface area contributed by atoms with Crippen molar-refractivity contribution < 1.29 is 14.7 Å². The van der Waals surface area contributed by atoms with E-state index in [1.165, 1.54) is 12.0 Å². The Kier molecular flexibility index (Phi) is 6.30.